The van der Waals surface area contributed by atoms with Crippen molar-refractivity contribution in [3.05, 3.63) is 70.0 Å². The Hall–Kier alpha value is -3.95. The van der Waals surface area contributed by atoms with Gasteiger partial charge in [-0.15, -0.1) is 0 Å². The highest BCUT2D eigenvalue weighted by Crippen LogP contribution is 2.29. The van der Waals surface area contributed by atoms with Gasteiger partial charge >= 0.3 is 12.2 Å². The molecule has 8 nitrogen and oxygen atoms in total. The minimum Gasteiger partial charge on any atom is -0.323 e. The Balaban J connectivity index is 1.42. The lowest BCUT2D eigenvalue weighted by molar-refractivity contribution is -0.137. The van der Waals surface area contributed by atoms with Gasteiger partial charge in [0, 0.05) is 36.6 Å². The Morgan fingerprint density at radius 3 is 2.68 bits per heavy atom. The molecule has 37 heavy (non-hydrogen) atoms. The molecular formula is C25H23F3N6O2S. The van der Waals surface area contributed by atoms with Crippen molar-refractivity contribution in [1.29, 1.82) is 0 Å². The lowest BCUT2D eigenvalue weighted by atomic mass is 10.1. The number of benzene rings is 1. The zero-order valence-corrected chi connectivity index (χ0v) is 20.8. The Bertz CT molecular complexity index is 1380. The monoisotopic (exact) mass is 528 g/mol. The molecule has 0 aliphatic carbocycles. The molecule has 1 aromatic carbocycles. The molecule has 192 valence electrons. The fourth-order valence-electron chi connectivity index (χ4n) is 3.63. The van der Waals surface area contributed by atoms with Crippen LogP contribution < -0.4 is 16.0 Å². The van der Waals surface area contributed by atoms with Crippen LogP contribution in [0.4, 0.5) is 28.8 Å². The average molecular weight is 529 g/mol. The first-order chi connectivity index (χ1) is 17.6. The number of pyridine rings is 1. The van der Waals surface area contributed by atoms with E-state index in [1.807, 2.05) is 14.0 Å². The number of nitrogens with zero attached hydrogens (tertiary/aromatic N) is 3. The summed E-state index contributed by atoms with van der Waals surface area (Å²) in [5.41, 5.74) is 0.517. The average Bonchev–Trinajstić information content (AvgIpc) is 3.53. The summed E-state index contributed by atoms with van der Waals surface area (Å²) in [6.45, 7) is 3.15. The number of urea groups is 1. The number of halogens is 3. The zero-order valence-electron chi connectivity index (χ0n) is 19.9. The number of amides is 3. The fraction of sp³-hybridized carbons (Fsp3) is 0.280. The van der Waals surface area contributed by atoms with Crippen LogP contribution in [-0.4, -0.2) is 53.0 Å². The second kappa shape index (κ2) is 11.0. The van der Waals surface area contributed by atoms with Crippen molar-refractivity contribution in [3.63, 3.8) is 0 Å². The van der Waals surface area contributed by atoms with E-state index in [0.29, 0.717) is 40.4 Å². The van der Waals surface area contributed by atoms with E-state index in [-0.39, 0.29) is 17.8 Å². The summed E-state index contributed by atoms with van der Waals surface area (Å²) >= 11 is 1.24. The number of hydrogen-bond acceptors (Lipinski definition) is 6. The maximum atomic E-state index is 12.9. The SMILES string of the molecule is CNC1CCN(C(=O)Nc2ncc(C#Cc3cc(NC(=O)c4cc(C(F)(F)F)ccn4)ccc3C)s2)C1. The van der Waals surface area contributed by atoms with Gasteiger partial charge in [-0.1, -0.05) is 23.3 Å². The topological polar surface area (TPSA) is 99.3 Å². The number of nitrogens with one attached hydrogen (secondary N) is 3. The van der Waals surface area contributed by atoms with Crippen molar-refractivity contribution in [2.75, 3.05) is 30.8 Å². The first-order valence-corrected chi connectivity index (χ1v) is 12.1. The molecule has 3 heterocycles. The van der Waals surface area contributed by atoms with Crippen molar-refractivity contribution in [3.8, 4) is 11.8 Å². The van der Waals surface area contributed by atoms with Gasteiger partial charge in [-0.25, -0.2) is 9.78 Å². The molecule has 1 aliphatic heterocycles. The molecular weight excluding hydrogens is 505 g/mol. The van der Waals surface area contributed by atoms with Crippen molar-refractivity contribution in [2.24, 2.45) is 0 Å². The van der Waals surface area contributed by atoms with Crippen LogP contribution in [0.25, 0.3) is 0 Å². The number of likely N-dealkylation sites (tertiary alicyclic amines) is 1. The van der Waals surface area contributed by atoms with Gasteiger partial charge < -0.3 is 15.5 Å². The van der Waals surface area contributed by atoms with Crippen LogP contribution in [0.5, 0.6) is 0 Å². The number of alkyl halides is 3. The largest absolute Gasteiger partial charge is 0.416 e. The summed E-state index contributed by atoms with van der Waals surface area (Å²) in [4.78, 5) is 35.2. The summed E-state index contributed by atoms with van der Waals surface area (Å²) in [7, 11) is 1.87. The Labute approximate surface area is 215 Å². The lowest BCUT2D eigenvalue weighted by Crippen LogP contribution is -2.36. The number of aromatic nitrogens is 2. The van der Waals surface area contributed by atoms with E-state index in [9.17, 15) is 22.8 Å². The van der Waals surface area contributed by atoms with Gasteiger partial charge in [-0.2, -0.15) is 13.2 Å². The number of carbonyl (C=O) groups excluding carboxylic acids is 2. The third-order valence-electron chi connectivity index (χ3n) is 5.74. The third-order valence-corrected chi connectivity index (χ3v) is 6.57. The van der Waals surface area contributed by atoms with Gasteiger partial charge in [0.1, 0.15) is 5.69 Å². The molecule has 1 fully saturated rings. The van der Waals surface area contributed by atoms with E-state index in [4.69, 9.17) is 0 Å². The molecule has 1 unspecified atom stereocenters. The quantitative estimate of drug-likeness (QED) is 0.438. The van der Waals surface area contributed by atoms with Crippen LogP contribution in [0.2, 0.25) is 0 Å². The molecule has 0 saturated carbocycles. The van der Waals surface area contributed by atoms with Gasteiger partial charge in [0.2, 0.25) is 0 Å². The summed E-state index contributed by atoms with van der Waals surface area (Å²) in [6.07, 6.45) is -1.17. The summed E-state index contributed by atoms with van der Waals surface area (Å²) < 4.78 is 38.8. The Morgan fingerprint density at radius 1 is 1.14 bits per heavy atom. The van der Waals surface area contributed by atoms with Gasteiger partial charge in [0.25, 0.3) is 5.91 Å². The molecule has 4 rings (SSSR count). The highest BCUT2D eigenvalue weighted by Gasteiger charge is 2.31. The minimum absolute atomic E-state index is 0.207. The van der Waals surface area contributed by atoms with Crippen LogP contribution in [0.1, 0.15) is 38.5 Å². The molecule has 3 amide bonds. The number of anilines is 2. The van der Waals surface area contributed by atoms with Gasteiger partial charge in [-0.05, 0) is 56.1 Å². The van der Waals surface area contributed by atoms with Crippen molar-refractivity contribution in [2.45, 2.75) is 25.6 Å². The number of aryl methyl sites for hydroxylation is 1. The highest BCUT2D eigenvalue weighted by molar-refractivity contribution is 7.16. The van der Waals surface area contributed by atoms with Crippen LogP contribution in [0, 0.1) is 18.8 Å². The molecule has 0 spiro atoms. The molecule has 12 heteroatoms. The number of rotatable bonds is 4. The van der Waals surface area contributed by atoms with E-state index in [1.165, 1.54) is 11.3 Å². The summed E-state index contributed by atoms with van der Waals surface area (Å²) in [5, 5.41) is 8.95. The molecule has 2 aromatic heterocycles. The number of hydrogen-bond donors (Lipinski definition) is 3. The smallest absolute Gasteiger partial charge is 0.323 e. The molecule has 3 aromatic rings. The molecule has 0 bridgehead atoms. The van der Waals surface area contributed by atoms with E-state index in [1.54, 1.807) is 29.3 Å². The van der Waals surface area contributed by atoms with Crippen molar-refractivity contribution < 1.29 is 22.8 Å². The predicted octanol–water partition coefficient (Wildman–Crippen LogP) is 4.34. The van der Waals surface area contributed by atoms with Crippen LogP contribution in [0.15, 0.2) is 42.7 Å². The van der Waals surface area contributed by atoms with Crippen molar-refractivity contribution >= 4 is 34.1 Å². The molecule has 3 N–H and O–H groups in total. The maximum Gasteiger partial charge on any atom is 0.416 e. The number of likely N-dealkylation sites (N-methyl/N-ethyl adjacent to an activating group) is 1. The van der Waals surface area contributed by atoms with Crippen molar-refractivity contribution in [1.82, 2.24) is 20.2 Å². The highest BCUT2D eigenvalue weighted by atomic mass is 32.1. The Morgan fingerprint density at radius 2 is 1.95 bits per heavy atom. The summed E-state index contributed by atoms with van der Waals surface area (Å²) in [5.74, 6) is 5.25. The molecule has 1 aliphatic rings. The van der Waals surface area contributed by atoms with Gasteiger partial charge in [-0.3, -0.25) is 15.1 Å². The first kappa shape index (κ1) is 26.1. The predicted molar refractivity (Wildman–Crippen MR) is 135 cm³/mol. The first-order valence-electron chi connectivity index (χ1n) is 11.3. The minimum atomic E-state index is -4.58. The molecule has 0 radical (unpaired) electrons. The van der Waals surface area contributed by atoms with Crippen LogP contribution >= 0.6 is 11.3 Å². The van der Waals surface area contributed by atoms with Gasteiger partial charge in [0.05, 0.1) is 16.6 Å². The third kappa shape index (κ3) is 6.63. The standard InChI is InChI=1S/C25H23F3N6O2S/c1-15-3-5-18(32-22(35)21-12-17(7-9-30-21)25(26,27)28)11-16(15)4-6-20-13-31-23(37-20)33-24(36)34-10-8-19(14-34)29-2/h3,5,7,9,11-13,19,29H,8,10,14H2,1-2H3,(H,32,35)(H,31,33,36). The van der Waals surface area contributed by atoms with E-state index in [2.05, 4.69) is 37.8 Å². The second-order valence-corrected chi connectivity index (χ2v) is 9.37. The van der Waals surface area contributed by atoms with E-state index >= 15 is 0 Å². The van der Waals surface area contributed by atoms with Gasteiger partial charge in [0.15, 0.2) is 5.13 Å². The number of thiazole rings is 1. The maximum absolute atomic E-state index is 12.9. The fourth-order valence-corrected chi connectivity index (χ4v) is 4.29. The van der Waals surface area contributed by atoms with E-state index in [0.717, 1.165) is 24.2 Å². The second-order valence-electron chi connectivity index (χ2n) is 8.34. The molecule has 1 atom stereocenters. The van der Waals surface area contributed by atoms with Crippen LogP contribution in [-0.2, 0) is 6.18 Å². The number of carbonyl (C=O) groups is 2. The van der Waals surface area contributed by atoms with E-state index < -0.39 is 17.6 Å². The van der Waals surface area contributed by atoms with Crippen LogP contribution in [0.3, 0.4) is 0 Å². The lowest BCUT2D eigenvalue weighted by Gasteiger charge is -2.15. The summed E-state index contributed by atoms with van der Waals surface area (Å²) in [6, 6.07) is 6.58. The molecule has 1 saturated heterocycles. The Kier molecular flexibility index (Phi) is 7.75. The normalized spacial score (nSPS) is 15.2. The zero-order chi connectivity index (χ0) is 26.6.